The topological polar surface area (TPSA) is 0 Å². The van der Waals surface area contributed by atoms with Crippen LogP contribution in [0.4, 0.5) is 8.78 Å². The summed E-state index contributed by atoms with van der Waals surface area (Å²) in [5.41, 5.74) is 0. The summed E-state index contributed by atoms with van der Waals surface area (Å²) in [5, 5.41) is 0.815. The van der Waals surface area contributed by atoms with Gasteiger partial charge in [0.1, 0.15) is 4.77 Å². The van der Waals surface area contributed by atoms with Gasteiger partial charge in [0.2, 0.25) is 0 Å². The van der Waals surface area contributed by atoms with Gasteiger partial charge in [-0.05, 0) is 13.9 Å². The molecule has 0 heterocycles. The summed E-state index contributed by atoms with van der Waals surface area (Å²) in [5.74, 6) is 0. The van der Waals surface area contributed by atoms with Gasteiger partial charge in [-0.15, -0.1) is 0 Å². The first-order chi connectivity index (χ1) is 5.70. The fourth-order valence-electron chi connectivity index (χ4n) is 0.695. The van der Waals surface area contributed by atoms with Gasteiger partial charge in [0.25, 0.3) is 6.08 Å². The van der Waals surface area contributed by atoms with E-state index < -0.39 is 6.08 Å². The van der Waals surface area contributed by atoms with E-state index in [-0.39, 0.29) is 13.4 Å². The molecule has 0 aliphatic rings. The van der Waals surface area contributed by atoms with Crippen LogP contribution in [0.5, 0.6) is 0 Å². The van der Waals surface area contributed by atoms with Crippen molar-refractivity contribution in [1.29, 1.82) is 0 Å². The molecule has 0 spiro atoms. The van der Waals surface area contributed by atoms with Crippen LogP contribution < -0.4 is 5.30 Å². The molecule has 0 saturated heterocycles. The second kappa shape index (κ2) is 4.54. The first kappa shape index (κ1) is 9.63. The van der Waals surface area contributed by atoms with E-state index >= 15 is 0 Å². The minimum atomic E-state index is -1.79. The lowest BCUT2D eigenvalue weighted by Crippen LogP contribution is -1.90. The zero-order chi connectivity index (χ0) is 8.97. The van der Waals surface area contributed by atoms with Crippen LogP contribution in [-0.2, 0) is 0 Å². The molecule has 1 aromatic carbocycles. The van der Waals surface area contributed by atoms with Crippen molar-refractivity contribution in [1.82, 2.24) is 0 Å². The van der Waals surface area contributed by atoms with Crippen molar-refractivity contribution in [2.45, 2.75) is 0 Å². The van der Waals surface area contributed by atoms with Crippen LogP contribution in [0, 0.1) is 0 Å². The van der Waals surface area contributed by atoms with Crippen molar-refractivity contribution >= 4 is 25.5 Å². The monoisotopic (exact) mass is 206 g/mol. The largest absolute Gasteiger partial charge is 0.289 e. The number of hydrogen-bond acceptors (Lipinski definition) is 0. The highest BCUT2D eigenvalue weighted by atomic mass is 35.5. The molecular weight excluding hydrogens is 201 g/mol. The minimum absolute atomic E-state index is 0.146. The Kier molecular flexibility index (Phi) is 3.64. The number of rotatable bonds is 2. The normalized spacial score (nSPS) is 10.6. The molecule has 0 fully saturated rings. The van der Waals surface area contributed by atoms with Gasteiger partial charge in [-0.1, -0.05) is 41.9 Å². The van der Waals surface area contributed by atoms with Crippen LogP contribution in [0.15, 0.2) is 41.2 Å². The molecule has 0 bridgehead atoms. The lowest BCUT2D eigenvalue weighted by Gasteiger charge is -1.97. The van der Waals surface area contributed by atoms with E-state index in [1.807, 2.05) is 6.07 Å². The summed E-state index contributed by atoms with van der Waals surface area (Å²) in [4.78, 5) is 0. The summed E-state index contributed by atoms with van der Waals surface area (Å²) in [6.07, 6.45) is -1.79. The zero-order valence-electron chi connectivity index (χ0n) is 6.02. The Morgan fingerprint density at radius 3 is 2.25 bits per heavy atom. The molecule has 1 aromatic rings. The Balaban J connectivity index is 2.72. The van der Waals surface area contributed by atoms with E-state index in [0.29, 0.717) is 0 Å². The van der Waals surface area contributed by atoms with Gasteiger partial charge >= 0.3 is 0 Å². The van der Waals surface area contributed by atoms with Crippen molar-refractivity contribution in [2.24, 2.45) is 0 Å². The van der Waals surface area contributed by atoms with Crippen molar-refractivity contribution in [3.8, 4) is 0 Å². The van der Waals surface area contributed by atoms with Gasteiger partial charge in [0.15, 0.2) is 0 Å². The molecule has 0 saturated carbocycles. The van der Waals surface area contributed by atoms with Crippen LogP contribution in [0.1, 0.15) is 0 Å². The molecule has 0 amide bonds. The summed E-state index contributed by atoms with van der Waals surface area (Å²) in [7, 11) is -0.146. The molecule has 0 nitrogen and oxygen atoms in total. The van der Waals surface area contributed by atoms with Crippen molar-refractivity contribution in [3.05, 3.63) is 41.2 Å². The number of hydrogen-bond donors (Lipinski definition) is 0. The predicted molar refractivity (Wildman–Crippen MR) is 49.5 cm³/mol. The SMILES string of the molecule is FC(F)=C(Cl)Pc1ccccc1. The molecule has 12 heavy (non-hydrogen) atoms. The predicted octanol–water partition coefficient (Wildman–Crippen LogP) is 3.29. The molecule has 1 atom stereocenters. The number of benzene rings is 1. The van der Waals surface area contributed by atoms with Crippen LogP contribution in [0.25, 0.3) is 0 Å². The van der Waals surface area contributed by atoms with E-state index in [4.69, 9.17) is 11.6 Å². The van der Waals surface area contributed by atoms with E-state index in [9.17, 15) is 8.78 Å². The van der Waals surface area contributed by atoms with Gasteiger partial charge in [-0.3, -0.25) is 0 Å². The van der Waals surface area contributed by atoms with Gasteiger partial charge in [-0.25, -0.2) is 0 Å². The smallest absolute Gasteiger partial charge is 0.172 e. The van der Waals surface area contributed by atoms with Gasteiger partial charge in [0, 0.05) is 0 Å². The maximum atomic E-state index is 11.9. The molecule has 0 aromatic heterocycles. The first-order valence-electron chi connectivity index (χ1n) is 3.23. The molecule has 0 radical (unpaired) electrons. The first-order valence-corrected chi connectivity index (χ1v) is 4.61. The van der Waals surface area contributed by atoms with E-state index in [2.05, 4.69) is 0 Å². The minimum Gasteiger partial charge on any atom is -0.172 e. The fourth-order valence-corrected chi connectivity index (χ4v) is 1.73. The molecule has 1 unspecified atom stereocenters. The summed E-state index contributed by atoms with van der Waals surface area (Å²) in [6.45, 7) is 0. The summed E-state index contributed by atoms with van der Waals surface area (Å²) in [6, 6.07) is 8.95. The lowest BCUT2D eigenvalue weighted by molar-refractivity contribution is 0.422. The fraction of sp³-hybridized carbons (Fsp3) is 0. The molecule has 0 N–H and O–H groups in total. The van der Waals surface area contributed by atoms with Gasteiger partial charge < -0.3 is 0 Å². The Bertz CT molecular complexity index is 280. The Labute approximate surface area is 76.0 Å². The molecule has 0 aliphatic carbocycles. The third-order valence-corrected chi connectivity index (χ3v) is 2.65. The maximum absolute atomic E-state index is 11.9. The van der Waals surface area contributed by atoms with Crippen molar-refractivity contribution < 1.29 is 8.78 Å². The molecule has 1 rings (SSSR count). The average molecular weight is 207 g/mol. The standard InChI is InChI=1S/C8H6ClF2P/c9-7(8(10)11)12-6-4-2-1-3-5-6/h1-5,12H. The van der Waals surface area contributed by atoms with Crippen molar-refractivity contribution in [2.75, 3.05) is 0 Å². The Hall–Kier alpha value is -0.460. The van der Waals surface area contributed by atoms with Gasteiger partial charge in [-0.2, -0.15) is 8.78 Å². The highest BCUT2D eigenvalue weighted by molar-refractivity contribution is 7.54. The van der Waals surface area contributed by atoms with Crippen LogP contribution in [0.2, 0.25) is 0 Å². The van der Waals surface area contributed by atoms with Crippen LogP contribution in [0.3, 0.4) is 0 Å². The number of halogens is 3. The second-order valence-electron chi connectivity index (χ2n) is 2.07. The zero-order valence-corrected chi connectivity index (χ0v) is 7.78. The summed E-state index contributed by atoms with van der Waals surface area (Å²) < 4.78 is 23.4. The average Bonchev–Trinajstić information content (AvgIpc) is 2.06. The third kappa shape index (κ3) is 2.88. The van der Waals surface area contributed by atoms with E-state index in [1.165, 1.54) is 0 Å². The van der Waals surface area contributed by atoms with E-state index in [0.717, 1.165) is 5.30 Å². The lowest BCUT2D eigenvalue weighted by atomic mass is 10.4. The second-order valence-corrected chi connectivity index (χ2v) is 4.09. The van der Waals surface area contributed by atoms with E-state index in [1.54, 1.807) is 24.3 Å². The maximum Gasteiger partial charge on any atom is 0.289 e. The molecule has 4 heteroatoms. The molecular formula is C8H6ClF2P. The molecule has 0 aliphatic heterocycles. The van der Waals surface area contributed by atoms with Crippen LogP contribution >= 0.6 is 20.2 Å². The molecule has 64 valence electrons. The van der Waals surface area contributed by atoms with Gasteiger partial charge in [0.05, 0.1) is 0 Å². The third-order valence-electron chi connectivity index (χ3n) is 1.19. The quantitative estimate of drug-likeness (QED) is 0.652. The van der Waals surface area contributed by atoms with Crippen LogP contribution in [-0.4, -0.2) is 0 Å². The highest BCUT2D eigenvalue weighted by Gasteiger charge is 2.02. The Morgan fingerprint density at radius 1 is 1.17 bits per heavy atom. The summed E-state index contributed by atoms with van der Waals surface area (Å²) >= 11 is 5.29. The highest BCUT2D eigenvalue weighted by Crippen LogP contribution is 2.30. The van der Waals surface area contributed by atoms with Crippen molar-refractivity contribution in [3.63, 3.8) is 0 Å². The Morgan fingerprint density at radius 2 is 1.75 bits per heavy atom.